The number of nitrogens with zero attached hydrogens (tertiary/aromatic N) is 1. The molecule has 0 aliphatic rings. The van der Waals surface area contributed by atoms with Crippen LogP contribution in [0.5, 0.6) is 0 Å². The van der Waals surface area contributed by atoms with Gasteiger partial charge in [-0.15, -0.1) is 0 Å². The Kier molecular flexibility index (Phi) is 4.97. The van der Waals surface area contributed by atoms with Crippen LogP contribution < -0.4 is 0 Å². The Balaban J connectivity index is 3.58. The van der Waals surface area contributed by atoms with Crippen molar-refractivity contribution in [1.82, 2.24) is 0 Å². The number of hydrogen-bond donors (Lipinski definition) is 1. The van der Waals surface area contributed by atoms with E-state index in [1.54, 1.807) is 0 Å². The normalized spacial score (nSPS) is 13.3. The fraction of sp³-hybridized carbons (Fsp3) is 0.250. The first kappa shape index (κ1) is 7.49. The molecule has 0 atom stereocenters. The van der Waals surface area contributed by atoms with Crippen molar-refractivity contribution in [1.29, 1.82) is 0 Å². The molecule has 7 heavy (non-hydrogen) atoms. The zero-order valence-corrected chi connectivity index (χ0v) is 6.98. The highest BCUT2D eigenvalue weighted by molar-refractivity contribution is 14.1. The van der Waals surface area contributed by atoms with Crippen molar-refractivity contribution in [2.24, 2.45) is 4.40 Å². The summed E-state index contributed by atoms with van der Waals surface area (Å²) in [6.07, 6.45) is 1.88. The van der Waals surface area contributed by atoms with Crippen molar-refractivity contribution < 1.29 is 0 Å². The van der Waals surface area contributed by atoms with Crippen LogP contribution in [0.15, 0.2) is 14.6 Å². The molecule has 0 amide bonds. The maximum atomic E-state index is 3.68. The van der Waals surface area contributed by atoms with E-state index in [0.717, 1.165) is 5.71 Å². The Morgan fingerprint density at radius 2 is 2.43 bits per heavy atom. The minimum atomic E-state index is 0.928. The monoisotopic (exact) mass is 227 g/mol. The van der Waals surface area contributed by atoms with Gasteiger partial charge in [-0.1, -0.05) is 22.6 Å². The van der Waals surface area contributed by atoms with Gasteiger partial charge < -0.3 is 0 Å². The van der Waals surface area contributed by atoms with Crippen molar-refractivity contribution in [3.05, 3.63) is 10.2 Å². The molecule has 0 saturated heterocycles. The lowest BCUT2D eigenvalue weighted by Gasteiger charge is -1.78. The van der Waals surface area contributed by atoms with Crippen molar-refractivity contribution in [3.63, 3.8) is 0 Å². The van der Waals surface area contributed by atoms with Crippen LogP contribution in [0.25, 0.3) is 0 Å². The number of thiol groups is 1. The minimum absolute atomic E-state index is 0.928. The summed E-state index contributed by atoms with van der Waals surface area (Å²) >= 11 is 5.81. The molecule has 0 unspecified atom stereocenters. The van der Waals surface area contributed by atoms with Gasteiger partial charge in [0, 0.05) is 5.71 Å². The molecule has 0 radical (unpaired) electrons. The number of allylic oxidation sites excluding steroid dienone is 1. The van der Waals surface area contributed by atoms with E-state index in [4.69, 9.17) is 0 Å². The van der Waals surface area contributed by atoms with Crippen molar-refractivity contribution in [2.75, 3.05) is 0 Å². The van der Waals surface area contributed by atoms with Gasteiger partial charge in [-0.3, -0.25) is 0 Å². The molecule has 0 N–H and O–H groups in total. The first-order valence-corrected chi connectivity index (χ1v) is 3.41. The molecule has 0 aromatic rings. The van der Waals surface area contributed by atoms with Gasteiger partial charge in [0.25, 0.3) is 0 Å². The van der Waals surface area contributed by atoms with Gasteiger partial charge >= 0.3 is 0 Å². The molecule has 0 spiro atoms. The van der Waals surface area contributed by atoms with Crippen LogP contribution in [0.2, 0.25) is 0 Å². The summed E-state index contributed by atoms with van der Waals surface area (Å²) in [5, 5.41) is 0. The van der Waals surface area contributed by atoms with Crippen LogP contribution in [0.4, 0.5) is 0 Å². The lowest BCUT2D eigenvalue weighted by molar-refractivity contribution is 1.80. The van der Waals surface area contributed by atoms with E-state index in [2.05, 4.69) is 39.8 Å². The van der Waals surface area contributed by atoms with Crippen LogP contribution in [0, 0.1) is 0 Å². The predicted octanol–water partition coefficient (Wildman–Crippen LogP) is 2.24. The standard InChI is InChI=1S/C4H6INS/c1-4(6-7)2-3-5/h2-3,7H,1H3/b3-2-,6-4-. The molecule has 0 aliphatic heterocycles. The van der Waals surface area contributed by atoms with Crippen LogP contribution in [-0.4, -0.2) is 5.71 Å². The Bertz CT molecular complexity index is 97.9. The second-order valence-corrected chi connectivity index (χ2v) is 1.95. The van der Waals surface area contributed by atoms with Gasteiger partial charge in [-0.2, -0.15) is 0 Å². The van der Waals surface area contributed by atoms with E-state index in [0.29, 0.717) is 0 Å². The first-order chi connectivity index (χ1) is 3.31. The highest BCUT2D eigenvalue weighted by atomic mass is 127. The first-order valence-electron chi connectivity index (χ1n) is 1.76. The van der Waals surface area contributed by atoms with Gasteiger partial charge in [-0.05, 0) is 29.9 Å². The average molecular weight is 227 g/mol. The second-order valence-electron chi connectivity index (χ2n) is 1.03. The maximum Gasteiger partial charge on any atom is 0.0457 e. The van der Waals surface area contributed by atoms with Gasteiger partial charge in [0.1, 0.15) is 0 Å². The van der Waals surface area contributed by atoms with E-state index >= 15 is 0 Å². The lowest BCUT2D eigenvalue weighted by Crippen LogP contribution is -1.76. The minimum Gasteiger partial charge on any atom is -0.225 e. The zero-order chi connectivity index (χ0) is 5.70. The lowest BCUT2D eigenvalue weighted by atomic mass is 10.4. The highest BCUT2D eigenvalue weighted by Crippen LogP contribution is 1.88. The number of rotatable bonds is 1. The zero-order valence-electron chi connectivity index (χ0n) is 3.93. The fourth-order valence-corrected chi connectivity index (χ4v) is 0.712. The third kappa shape index (κ3) is 4.34. The van der Waals surface area contributed by atoms with Gasteiger partial charge in [0.2, 0.25) is 0 Å². The Morgan fingerprint density at radius 3 is 2.57 bits per heavy atom. The molecular weight excluding hydrogens is 221 g/mol. The molecule has 0 saturated carbocycles. The van der Waals surface area contributed by atoms with E-state index < -0.39 is 0 Å². The summed E-state index contributed by atoms with van der Waals surface area (Å²) in [6.45, 7) is 1.89. The summed E-state index contributed by atoms with van der Waals surface area (Å²) in [5.74, 6) is 0. The Labute approximate surface area is 62.6 Å². The van der Waals surface area contributed by atoms with Crippen LogP contribution in [-0.2, 0) is 0 Å². The van der Waals surface area contributed by atoms with Crippen LogP contribution in [0.3, 0.4) is 0 Å². The molecule has 3 heteroatoms. The van der Waals surface area contributed by atoms with Crippen molar-refractivity contribution in [2.45, 2.75) is 6.92 Å². The van der Waals surface area contributed by atoms with Gasteiger partial charge in [-0.25, -0.2) is 4.40 Å². The molecule has 0 aliphatic carbocycles. The quantitative estimate of drug-likeness (QED) is 0.400. The number of halogens is 1. The maximum absolute atomic E-state index is 3.68. The van der Waals surface area contributed by atoms with E-state index in [-0.39, 0.29) is 0 Å². The molecule has 0 bridgehead atoms. The average Bonchev–Trinajstić information content (AvgIpc) is 1.68. The molecule has 1 nitrogen and oxygen atoms in total. The third-order valence-electron chi connectivity index (χ3n) is 0.462. The highest BCUT2D eigenvalue weighted by Gasteiger charge is 1.73. The molecule has 0 rings (SSSR count). The van der Waals surface area contributed by atoms with Crippen LogP contribution >= 0.6 is 35.4 Å². The van der Waals surface area contributed by atoms with E-state index in [1.807, 2.05) is 17.1 Å². The summed E-state index contributed by atoms with van der Waals surface area (Å²) in [6, 6.07) is 0. The van der Waals surface area contributed by atoms with E-state index in [9.17, 15) is 0 Å². The number of hydrogen-bond acceptors (Lipinski definition) is 2. The van der Waals surface area contributed by atoms with E-state index in [1.165, 1.54) is 0 Å². The molecule has 0 fully saturated rings. The van der Waals surface area contributed by atoms with Crippen molar-refractivity contribution >= 4 is 41.1 Å². The molecule has 0 aromatic carbocycles. The van der Waals surface area contributed by atoms with Crippen molar-refractivity contribution in [3.8, 4) is 0 Å². The fourth-order valence-electron chi connectivity index (χ4n) is 0.124. The summed E-state index contributed by atoms with van der Waals surface area (Å²) in [5.41, 5.74) is 0.928. The summed E-state index contributed by atoms with van der Waals surface area (Å²) in [4.78, 5) is 0. The largest absolute Gasteiger partial charge is 0.225 e. The van der Waals surface area contributed by atoms with Crippen LogP contribution in [0.1, 0.15) is 6.92 Å². The predicted molar refractivity (Wildman–Crippen MR) is 45.3 cm³/mol. The molecule has 0 heterocycles. The molecular formula is C4H6INS. The summed E-state index contributed by atoms with van der Waals surface area (Å²) < 4.78 is 5.49. The topological polar surface area (TPSA) is 12.4 Å². The Hall–Kier alpha value is 0.490. The van der Waals surface area contributed by atoms with Gasteiger partial charge in [0.15, 0.2) is 0 Å². The SMILES string of the molecule is CC(/C=C\I)=N/S. The van der Waals surface area contributed by atoms with Gasteiger partial charge in [0.05, 0.1) is 0 Å². The Morgan fingerprint density at radius 1 is 1.86 bits per heavy atom. The summed E-state index contributed by atoms with van der Waals surface area (Å²) in [7, 11) is 0. The molecule has 0 aromatic heterocycles. The third-order valence-corrected chi connectivity index (χ3v) is 1.14. The second kappa shape index (κ2) is 4.64. The smallest absolute Gasteiger partial charge is 0.0457 e. The molecule has 40 valence electrons.